The Bertz CT molecular complexity index is 281. The highest BCUT2D eigenvalue weighted by Gasteiger charge is 2.11. The molecule has 1 heterocycles. The minimum absolute atomic E-state index is 0.797. The Morgan fingerprint density at radius 3 is 3.30 bits per heavy atom. The van der Waals surface area contributed by atoms with E-state index in [-0.39, 0.29) is 0 Å². The van der Waals surface area contributed by atoms with Crippen molar-refractivity contribution < 1.29 is 0 Å². The van der Waals surface area contributed by atoms with E-state index >= 15 is 0 Å². The second-order valence-electron chi connectivity index (χ2n) is 2.27. The van der Waals surface area contributed by atoms with Gasteiger partial charge in [0.25, 0.3) is 0 Å². The van der Waals surface area contributed by atoms with Crippen LogP contribution in [-0.4, -0.2) is 12.1 Å². The largest absolute Gasteiger partial charge is 0.402 e. The van der Waals surface area contributed by atoms with Crippen LogP contribution in [0.2, 0.25) is 0 Å². The smallest absolute Gasteiger partial charge is 0.116 e. The van der Waals surface area contributed by atoms with Crippen molar-refractivity contribution in [3.63, 3.8) is 0 Å². The lowest BCUT2D eigenvalue weighted by Crippen LogP contribution is -2.06. The summed E-state index contributed by atoms with van der Waals surface area (Å²) in [6.45, 7) is 0. The van der Waals surface area contributed by atoms with Gasteiger partial charge < -0.3 is 5.73 Å². The van der Waals surface area contributed by atoms with Crippen LogP contribution in [0.5, 0.6) is 0 Å². The molecule has 0 saturated carbocycles. The lowest BCUT2D eigenvalue weighted by molar-refractivity contribution is 1.14. The molecule has 2 N–H and O–H groups in total. The molecule has 0 unspecified atom stereocenters. The maximum absolute atomic E-state index is 5.57. The van der Waals surface area contributed by atoms with Gasteiger partial charge in [-0.15, -0.1) is 0 Å². The van der Waals surface area contributed by atoms with Crippen molar-refractivity contribution in [2.45, 2.75) is 6.42 Å². The molecule has 50 valence electrons. The molecule has 2 aliphatic rings. The van der Waals surface area contributed by atoms with Crippen molar-refractivity contribution in [3.8, 4) is 0 Å². The van der Waals surface area contributed by atoms with Gasteiger partial charge in [-0.3, -0.25) is 0 Å². The summed E-state index contributed by atoms with van der Waals surface area (Å²) in [4.78, 5) is 8.03. The number of hydrogen-bond acceptors (Lipinski definition) is 3. The first kappa shape index (κ1) is 5.41. The third kappa shape index (κ3) is 0.673. The van der Waals surface area contributed by atoms with Gasteiger partial charge in [0.05, 0.1) is 11.4 Å². The molecule has 10 heavy (non-hydrogen) atoms. The van der Waals surface area contributed by atoms with E-state index in [0.29, 0.717) is 0 Å². The maximum atomic E-state index is 5.57. The first-order valence-electron chi connectivity index (χ1n) is 3.13. The topological polar surface area (TPSA) is 50.7 Å². The lowest BCUT2D eigenvalue weighted by Gasteiger charge is -2.04. The molecular weight excluding hydrogens is 126 g/mol. The number of aliphatic imine (C=N–C) groups is 2. The lowest BCUT2D eigenvalue weighted by atomic mass is 10.1. The summed E-state index contributed by atoms with van der Waals surface area (Å²) in [6, 6.07) is 0. The predicted molar refractivity (Wildman–Crippen MR) is 40.9 cm³/mol. The van der Waals surface area contributed by atoms with Crippen molar-refractivity contribution in [2.24, 2.45) is 15.7 Å². The SMILES string of the molecule is NC1=CC2=NC=NC2=CC1. The number of hydrogen-bond donors (Lipinski definition) is 1. The van der Waals surface area contributed by atoms with Gasteiger partial charge in [-0.2, -0.15) is 0 Å². The molecule has 0 saturated heterocycles. The van der Waals surface area contributed by atoms with Gasteiger partial charge in [0.2, 0.25) is 0 Å². The Kier molecular flexibility index (Phi) is 0.974. The van der Waals surface area contributed by atoms with Crippen LogP contribution in [0.1, 0.15) is 6.42 Å². The second kappa shape index (κ2) is 1.80. The van der Waals surface area contributed by atoms with Crippen molar-refractivity contribution in [3.05, 3.63) is 23.5 Å². The van der Waals surface area contributed by atoms with Crippen LogP contribution in [0.4, 0.5) is 0 Å². The van der Waals surface area contributed by atoms with Gasteiger partial charge in [0.1, 0.15) is 6.34 Å². The summed E-state index contributed by atoms with van der Waals surface area (Å²) in [5.41, 5.74) is 8.27. The number of allylic oxidation sites excluding steroid dienone is 2. The zero-order chi connectivity index (χ0) is 6.97. The summed E-state index contributed by atoms with van der Waals surface area (Å²) in [6.07, 6.45) is 6.20. The van der Waals surface area contributed by atoms with Crippen LogP contribution in [0.25, 0.3) is 0 Å². The molecule has 1 aliphatic heterocycles. The summed E-state index contributed by atoms with van der Waals surface area (Å²) in [7, 11) is 0. The van der Waals surface area contributed by atoms with E-state index in [0.717, 1.165) is 23.5 Å². The number of fused-ring (bicyclic) bond motifs is 1. The molecule has 2 rings (SSSR count). The highest BCUT2D eigenvalue weighted by atomic mass is 15.0. The predicted octanol–water partition coefficient (Wildman–Crippen LogP) is 0.600. The average Bonchev–Trinajstić information content (AvgIpc) is 2.33. The van der Waals surface area contributed by atoms with E-state index in [4.69, 9.17) is 5.73 Å². The fourth-order valence-corrected chi connectivity index (χ4v) is 1.00. The van der Waals surface area contributed by atoms with E-state index in [1.165, 1.54) is 0 Å². The quantitative estimate of drug-likeness (QED) is 0.516. The van der Waals surface area contributed by atoms with Gasteiger partial charge in [-0.1, -0.05) is 6.08 Å². The molecule has 0 bridgehead atoms. The van der Waals surface area contributed by atoms with Crippen molar-refractivity contribution in [1.29, 1.82) is 0 Å². The Morgan fingerprint density at radius 1 is 1.50 bits per heavy atom. The summed E-state index contributed by atoms with van der Waals surface area (Å²) >= 11 is 0. The van der Waals surface area contributed by atoms with E-state index in [1.54, 1.807) is 6.34 Å². The van der Waals surface area contributed by atoms with E-state index in [9.17, 15) is 0 Å². The molecule has 0 radical (unpaired) electrons. The van der Waals surface area contributed by atoms with Crippen molar-refractivity contribution in [2.75, 3.05) is 0 Å². The van der Waals surface area contributed by atoms with Gasteiger partial charge >= 0.3 is 0 Å². The second-order valence-corrected chi connectivity index (χ2v) is 2.27. The van der Waals surface area contributed by atoms with Gasteiger partial charge in [-0.05, 0) is 6.08 Å². The van der Waals surface area contributed by atoms with Crippen LogP contribution < -0.4 is 5.73 Å². The number of nitrogens with two attached hydrogens (primary N) is 1. The van der Waals surface area contributed by atoms with E-state index in [1.807, 2.05) is 12.2 Å². The molecule has 0 aromatic rings. The standard InChI is InChI=1S/C7H7N3/c8-5-1-2-6-7(3-5)10-4-9-6/h2-4H,1,8H2. The maximum Gasteiger partial charge on any atom is 0.116 e. The van der Waals surface area contributed by atoms with Gasteiger partial charge in [0.15, 0.2) is 0 Å². The van der Waals surface area contributed by atoms with Crippen LogP contribution >= 0.6 is 0 Å². The summed E-state index contributed by atoms with van der Waals surface area (Å²) in [5, 5.41) is 0. The molecular formula is C7H7N3. The number of rotatable bonds is 0. The summed E-state index contributed by atoms with van der Waals surface area (Å²) in [5.74, 6) is 0. The molecule has 0 amide bonds. The van der Waals surface area contributed by atoms with Crippen LogP contribution in [0.15, 0.2) is 33.5 Å². The molecule has 3 nitrogen and oxygen atoms in total. The molecule has 0 fully saturated rings. The highest BCUT2D eigenvalue weighted by molar-refractivity contribution is 6.15. The van der Waals surface area contributed by atoms with Crippen molar-refractivity contribution >= 4 is 12.1 Å². The highest BCUT2D eigenvalue weighted by Crippen LogP contribution is 2.15. The normalized spacial score (nSPS) is 21.4. The first-order valence-corrected chi connectivity index (χ1v) is 3.13. The third-order valence-corrected chi connectivity index (χ3v) is 1.51. The minimum Gasteiger partial charge on any atom is -0.402 e. The first-order chi connectivity index (χ1) is 4.86. The summed E-state index contributed by atoms with van der Waals surface area (Å²) < 4.78 is 0. The van der Waals surface area contributed by atoms with Crippen molar-refractivity contribution in [1.82, 2.24) is 0 Å². The third-order valence-electron chi connectivity index (χ3n) is 1.51. The zero-order valence-electron chi connectivity index (χ0n) is 5.41. The van der Waals surface area contributed by atoms with Crippen LogP contribution in [0, 0.1) is 0 Å². The minimum atomic E-state index is 0.797. The fourth-order valence-electron chi connectivity index (χ4n) is 1.00. The molecule has 3 heteroatoms. The Morgan fingerprint density at radius 2 is 2.40 bits per heavy atom. The monoisotopic (exact) mass is 133 g/mol. The molecule has 1 aliphatic carbocycles. The van der Waals surface area contributed by atoms with Crippen LogP contribution in [-0.2, 0) is 0 Å². The fraction of sp³-hybridized carbons (Fsp3) is 0.143. The van der Waals surface area contributed by atoms with Gasteiger partial charge in [-0.25, -0.2) is 9.98 Å². The molecule has 0 spiro atoms. The average molecular weight is 133 g/mol. The van der Waals surface area contributed by atoms with E-state index in [2.05, 4.69) is 9.98 Å². The Hall–Kier alpha value is -1.38. The number of nitrogens with zero attached hydrogens (tertiary/aromatic N) is 2. The molecule has 0 aromatic carbocycles. The Labute approximate surface area is 58.7 Å². The molecule has 0 atom stereocenters. The van der Waals surface area contributed by atoms with E-state index < -0.39 is 0 Å². The molecule has 0 aromatic heterocycles. The Balaban J connectivity index is 2.42. The van der Waals surface area contributed by atoms with Gasteiger partial charge in [0, 0.05) is 12.1 Å². The zero-order valence-corrected chi connectivity index (χ0v) is 5.41. The van der Waals surface area contributed by atoms with Crippen LogP contribution in [0.3, 0.4) is 0 Å².